The molecule has 2 aromatic rings. The number of rotatable bonds is 3. The van der Waals surface area contributed by atoms with E-state index < -0.39 is 5.97 Å². The summed E-state index contributed by atoms with van der Waals surface area (Å²) in [4.78, 5) is 37.4. The average Bonchev–Trinajstić information content (AvgIpc) is 2.67. The van der Waals surface area contributed by atoms with E-state index in [4.69, 9.17) is 5.11 Å². The standard InChI is InChI=1S/C20H21N3O4/c24-18-3-1-2-17-16-8-14(11-23(17)18)10-22(12-16)20(27)21-9-13-4-6-15(7-5-13)19(25)26/h1-7,14,16H,8-12H2,(H,21,27)(H,25,26)/t14-,16+/m0/s1. The summed E-state index contributed by atoms with van der Waals surface area (Å²) < 4.78 is 1.85. The van der Waals surface area contributed by atoms with Crippen molar-refractivity contribution in [1.82, 2.24) is 14.8 Å². The Bertz CT molecular complexity index is 935. The number of nitrogens with zero attached hydrogens (tertiary/aromatic N) is 2. The number of benzene rings is 1. The van der Waals surface area contributed by atoms with Crippen LogP contribution in [0.25, 0.3) is 0 Å². The molecule has 2 bridgehead atoms. The van der Waals surface area contributed by atoms with E-state index >= 15 is 0 Å². The summed E-state index contributed by atoms with van der Waals surface area (Å²) in [5.41, 5.74) is 2.12. The normalized spacial score (nSPS) is 20.7. The summed E-state index contributed by atoms with van der Waals surface area (Å²) in [7, 11) is 0. The number of hydrogen-bond donors (Lipinski definition) is 2. The number of amides is 2. The molecule has 1 aromatic heterocycles. The van der Waals surface area contributed by atoms with Crippen LogP contribution in [0.4, 0.5) is 4.79 Å². The lowest BCUT2D eigenvalue weighted by molar-refractivity contribution is 0.0697. The van der Waals surface area contributed by atoms with Gasteiger partial charge in [-0.15, -0.1) is 0 Å². The van der Waals surface area contributed by atoms with Gasteiger partial charge in [0.1, 0.15) is 0 Å². The molecule has 27 heavy (non-hydrogen) atoms. The Morgan fingerprint density at radius 3 is 2.59 bits per heavy atom. The fourth-order valence-corrected chi connectivity index (χ4v) is 4.12. The number of carboxylic acid groups (broad SMARTS) is 1. The zero-order valence-electron chi connectivity index (χ0n) is 14.8. The second-order valence-corrected chi connectivity index (χ2v) is 7.26. The minimum atomic E-state index is -0.968. The van der Waals surface area contributed by atoms with Crippen molar-refractivity contribution >= 4 is 12.0 Å². The largest absolute Gasteiger partial charge is 0.478 e. The van der Waals surface area contributed by atoms with Crippen LogP contribution < -0.4 is 10.9 Å². The number of aromatic nitrogens is 1. The smallest absolute Gasteiger partial charge is 0.335 e. The summed E-state index contributed by atoms with van der Waals surface area (Å²) in [6, 6.07) is 11.7. The highest BCUT2D eigenvalue weighted by Crippen LogP contribution is 2.34. The van der Waals surface area contributed by atoms with E-state index in [1.54, 1.807) is 24.3 Å². The highest BCUT2D eigenvalue weighted by molar-refractivity contribution is 5.87. The molecule has 0 spiro atoms. The second-order valence-electron chi connectivity index (χ2n) is 7.26. The molecule has 2 aliphatic rings. The number of aromatic carboxylic acids is 1. The van der Waals surface area contributed by atoms with E-state index in [0.717, 1.165) is 17.7 Å². The van der Waals surface area contributed by atoms with Gasteiger partial charge in [-0.3, -0.25) is 4.79 Å². The molecule has 0 unspecified atom stereocenters. The number of nitrogens with one attached hydrogen (secondary N) is 1. The highest BCUT2D eigenvalue weighted by Gasteiger charge is 2.36. The molecule has 7 heteroatoms. The first-order chi connectivity index (χ1) is 13.0. The maximum Gasteiger partial charge on any atom is 0.335 e. The van der Waals surface area contributed by atoms with Crippen molar-refractivity contribution in [3.05, 3.63) is 69.6 Å². The van der Waals surface area contributed by atoms with Crippen molar-refractivity contribution in [2.75, 3.05) is 13.1 Å². The van der Waals surface area contributed by atoms with Crippen LogP contribution >= 0.6 is 0 Å². The van der Waals surface area contributed by atoms with Crippen molar-refractivity contribution in [1.29, 1.82) is 0 Å². The quantitative estimate of drug-likeness (QED) is 0.866. The van der Waals surface area contributed by atoms with Gasteiger partial charge < -0.3 is 19.9 Å². The molecular formula is C20H21N3O4. The topological polar surface area (TPSA) is 91.6 Å². The van der Waals surface area contributed by atoms with Gasteiger partial charge in [0.25, 0.3) is 5.56 Å². The van der Waals surface area contributed by atoms with Crippen molar-refractivity contribution < 1.29 is 14.7 Å². The van der Waals surface area contributed by atoms with Crippen LogP contribution in [-0.2, 0) is 13.1 Å². The molecule has 1 saturated heterocycles. The molecule has 7 nitrogen and oxygen atoms in total. The monoisotopic (exact) mass is 367 g/mol. The van der Waals surface area contributed by atoms with Crippen LogP contribution in [-0.4, -0.2) is 39.7 Å². The van der Waals surface area contributed by atoms with E-state index in [9.17, 15) is 14.4 Å². The Morgan fingerprint density at radius 1 is 1.07 bits per heavy atom. The van der Waals surface area contributed by atoms with Crippen LogP contribution in [0.1, 0.15) is 34.0 Å². The zero-order valence-corrected chi connectivity index (χ0v) is 14.8. The van der Waals surface area contributed by atoms with Gasteiger partial charge in [0.2, 0.25) is 0 Å². The minimum absolute atomic E-state index is 0.0323. The van der Waals surface area contributed by atoms with E-state index in [2.05, 4.69) is 5.32 Å². The molecule has 0 saturated carbocycles. The molecule has 1 aromatic carbocycles. The van der Waals surface area contributed by atoms with Crippen LogP contribution in [0.15, 0.2) is 47.3 Å². The number of carbonyl (C=O) groups is 2. The minimum Gasteiger partial charge on any atom is -0.478 e. The van der Waals surface area contributed by atoms with Gasteiger partial charge in [0, 0.05) is 43.9 Å². The van der Waals surface area contributed by atoms with Crippen molar-refractivity contribution in [2.24, 2.45) is 5.92 Å². The molecule has 4 rings (SSSR count). The van der Waals surface area contributed by atoms with E-state index in [-0.39, 0.29) is 29.0 Å². The van der Waals surface area contributed by atoms with Gasteiger partial charge in [-0.25, -0.2) is 9.59 Å². The molecule has 0 radical (unpaired) electrons. The second kappa shape index (κ2) is 6.90. The van der Waals surface area contributed by atoms with Gasteiger partial charge in [0.05, 0.1) is 5.56 Å². The Balaban J connectivity index is 1.40. The number of hydrogen-bond acceptors (Lipinski definition) is 3. The van der Waals surface area contributed by atoms with Gasteiger partial charge in [-0.05, 0) is 36.1 Å². The lowest BCUT2D eigenvalue weighted by Gasteiger charge is -2.42. The number of fused-ring (bicyclic) bond motifs is 4. The predicted octanol–water partition coefficient (Wildman–Crippen LogP) is 1.88. The highest BCUT2D eigenvalue weighted by atomic mass is 16.4. The Kier molecular flexibility index (Phi) is 4.43. The number of carbonyl (C=O) groups excluding carboxylic acids is 1. The van der Waals surface area contributed by atoms with E-state index in [0.29, 0.717) is 26.2 Å². The van der Waals surface area contributed by atoms with Crippen molar-refractivity contribution in [2.45, 2.75) is 25.4 Å². The number of pyridine rings is 1. The van der Waals surface area contributed by atoms with Crippen molar-refractivity contribution in [3.63, 3.8) is 0 Å². The first-order valence-electron chi connectivity index (χ1n) is 9.06. The fraction of sp³-hybridized carbons (Fsp3) is 0.350. The van der Waals surface area contributed by atoms with Gasteiger partial charge in [-0.2, -0.15) is 0 Å². The average molecular weight is 367 g/mol. The summed E-state index contributed by atoms with van der Waals surface area (Å²) in [5.74, 6) is -0.492. The third-order valence-electron chi connectivity index (χ3n) is 5.41. The molecule has 2 aliphatic heterocycles. The lowest BCUT2D eigenvalue weighted by Crippen LogP contribution is -2.51. The van der Waals surface area contributed by atoms with E-state index in [1.807, 2.05) is 15.5 Å². The molecule has 2 N–H and O–H groups in total. The van der Waals surface area contributed by atoms with Crippen LogP contribution in [0.2, 0.25) is 0 Å². The Hall–Kier alpha value is -3.09. The molecule has 140 valence electrons. The summed E-state index contributed by atoms with van der Waals surface area (Å²) in [6.07, 6.45) is 1.00. The molecular weight excluding hydrogens is 346 g/mol. The molecule has 2 atom stereocenters. The molecule has 0 aliphatic carbocycles. The summed E-state index contributed by atoms with van der Waals surface area (Å²) in [5, 5.41) is 11.8. The fourth-order valence-electron chi connectivity index (χ4n) is 4.12. The van der Waals surface area contributed by atoms with Crippen LogP contribution in [0.5, 0.6) is 0 Å². The Morgan fingerprint density at radius 2 is 1.85 bits per heavy atom. The van der Waals surface area contributed by atoms with Crippen LogP contribution in [0.3, 0.4) is 0 Å². The lowest BCUT2D eigenvalue weighted by atomic mass is 9.83. The van der Waals surface area contributed by atoms with Crippen molar-refractivity contribution in [3.8, 4) is 0 Å². The maximum absolute atomic E-state index is 12.6. The third-order valence-corrected chi connectivity index (χ3v) is 5.41. The van der Waals surface area contributed by atoms with Gasteiger partial charge >= 0.3 is 12.0 Å². The van der Waals surface area contributed by atoms with E-state index in [1.165, 1.54) is 12.1 Å². The van der Waals surface area contributed by atoms with Gasteiger partial charge in [-0.1, -0.05) is 18.2 Å². The maximum atomic E-state index is 12.6. The number of carboxylic acids is 1. The summed E-state index contributed by atoms with van der Waals surface area (Å²) >= 11 is 0. The molecule has 1 fully saturated rings. The van der Waals surface area contributed by atoms with Crippen LogP contribution in [0, 0.1) is 5.92 Å². The first-order valence-corrected chi connectivity index (χ1v) is 9.06. The molecule has 2 amide bonds. The number of piperidine rings is 1. The molecule has 3 heterocycles. The summed E-state index contributed by atoms with van der Waals surface area (Å²) in [6.45, 7) is 2.25. The first kappa shape index (κ1) is 17.3. The number of urea groups is 1. The Labute approximate surface area is 156 Å². The SMILES string of the molecule is O=C(O)c1ccc(CNC(=O)N2C[C@@H]3C[C@H](C2)c2cccc(=O)n2C3)cc1. The predicted molar refractivity (Wildman–Crippen MR) is 98.8 cm³/mol. The van der Waals surface area contributed by atoms with Gasteiger partial charge in [0.15, 0.2) is 0 Å². The zero-order chi connectivity index (χ0) is 19.0. The third kappa shape index (κ3) is 3.45. The number of likely N-dealkylation sites (tertiary alicyclic amines) is 1.